The Morgan fingerprint density at radius 3 is 2.65 bits per heavy atom. The molecule has 0 atom stereocenters. The maximum Gasteiger partial charge on any atom is 0.153 e. The maximum absolute atomic E-state index is 12.8. The highest BCUT2D eigenvalue weighted by atomic mass is 32.2. The topological polar surface area (TPSA) is 46.2 Å². The molecule has 1 N–H and O–H groups in total. The van der Waals surface area contributed by atoms with Crippen molar-refractivity contribution in [3.8, 4) is 0 Å². The quantitative estimate of drug-likeness (QED) is 0.792. The number of nitrogens with one attached hydrogen (secondary N) is 1. The van der Waals surface area contributed by atoms with Gasteiger partial charge in [0.1, 0.15) is 5.82 Å². The number of hydrogen-bond donors (Lipinski definition) is 1. The lowest BCUT2D eigenvalue weighted by Crippen LogP contribution is -2.27. The van der Waals surface area contributed by atoms with Crippen LogP contribution < -0.4 is 5.32 Å². The molecule has 1 rings (SSSR count). The Balaban J connectivity index is 2.35. The van der Waals surface area contributed by atoms with E-state index in [1.54, 1.807) is 26.0 Å². The van der Waals surface area contributed by atoms with Crippen LogP contribution in [0.4, 0.5) is 4.39 Å². The molecule has 0 aliphatic carbocycles. The van der Waals surface area contributed by atoms with Gasteiger partial charge < -0.3 is 5.32 Å². The second-order valence-electron chi connectivity index (χ2n) is 4.22. The van der Waals surface area contributed by atoms with Crippen molar-refractivity contribution < 1.29 is 12.8 Å². The Labute approximate surface area is 102 Å². The minimum atomic E-state index is -3.00. The number of benzene rings is 1. The molecule has 1 aromatic carbocycles. The summed E-state index contributed by atoms with van der Waals surface area (Å²) in [6.07, 6.45) is 0. The minimum absolute atomic E-state index is 0.111. The van der Waals surface area contributed by atoms with Crippen LogP contribution >= 0.6 is 0 Å². The van der Waals surface area contributed by atoms with Crippen molar-refractivity contribution in [3.05, 3.63) is 35.6 Å². The van der Waals surface area contributed by atoms with Crippen molar-refractivity contribution in [3.63, 3.8) is 0 Å². The summed E-state index contributed by atoms with van der Waals surface area (Å²) in [4.78, 5) is 0. The molecule has 5 heteroatoms. The number of sulfone groups is 1. The van der Waals surface area contributed by atoms with Crippen LogP contribution in [0, 0.1) is 5.82 Å². The van der Waals surface area contributed by atoms with Crippen LogP contribution in [0.25, 0.3) is 0 Å². The molecular weight excluding hydrogens is 241 g/mol. The first-order valence-electron chi connectivity index (χ1n) is 5.58. The van der Waals surface area contributed by atoms with Crippen molar-refractivity contribution in [1.82, 2.24) is 5.32 Å². The molecule has 0 heterocycles. The van der Waals surface area contributed by atoms with E-state index in [-0.39, 0.29) is 16.8 Å². The maximum atomic E-state index is 12.8. The molecule has 1 aromatic rings. The van der Waals surface area contributed by atoms with E-state index in [9.17, 15) is 12.8 Å². The zero-order valence-electron chi connectivity index (χ0n) is 10.1. The summed E-state index contributed by atoms with van der Waals surface area (Å²) >= 11 is 0. The van der Waals surface area contributed by atoms with Gasteiger partial charge in [-0.15, -0.1) is 0 Å². The van der Waals surface area contributed by atoms with Gasteiger partial charge in [-0.3, -0.25) is 0 Å². The van der Waals surface area contributed by atoms with Crippen molar-refractivity contribution in [2.75, 3.05) is 12.3 Å². The molecule has 0 spiro atoms. The van der Waals surface area contributed by atoms with Crippen LogP contribution in [0.3, 0.4) is 0 Å². The summed E-state index contributed by atoms with van der Waals surface area (Å²) in [5.74, 6) is -0.168. The molecule has 0 aliphatic rings. The zero-order chi connectivity index (χ0) is 12.9. The molecule has 17 heavy (non-hydrogen) atoms. The van der Waals surface area contributed by atoms with Gasteiger partial charge >= 0.3 is 0 Å². The molecule has 0 saturated heterocycles. The third-order valence-electron chi connectivity index (χ3n) is 2.50. The van der Waals surface area contributed by atoms with Gasteiger partial charge in [0.2, 0.25) is 0 Å². The molecule has 0 unspecified atom stereocenters. The molecular formula is C12H18FNO2S. The van der Waals surface area contributed by atoms with Crippen LogP contribution in [0.15, 0.2) is 24.3 Å². The molecule has 3 nitrogen and oxygen atoms in total. The van der Waals surface area contributed by atoms with Gasteiger partial charge in [-0.2, -0.15) is 0 Å². The Kier molecular flexibility index (Phi) is 5.08. The highest BCUT2D eigenvalue weighted by molar-refractivity contribution is 7.92. The summed E-state index contributed by atoms with van der Waals surface area (Å²) < 4.78 is 35.8. The number of halogens is 1. The Hall–Kier alpha value is -0.940. The SMILES string of the molecule is CC(C)S(=O)(=O)CCNCc1cccc(F)c1. The second-order valence-corrected chi connectivity index (χ2v) is 6.90. The van der Waals surface area contributed by atoms with E-state index in [0.29, 0.717) is 13.1 Å². The molecule has 0 fully saturated rings. The fraction of sp³-hybridized carbons (Fsp3) is 0.500. The Morgan fingerprint density at radius 1 is 1.35 bits per heavy atom. The molecule has 96 valence electrons. The van der Waals surface area contributed by atoms with Crippen LogP contribution in [0.5, 0.6) is 0 Å². The van der Waals surface area contributed by atoms with Crippen LogP contribution in [0.1, 0.15) is 19.4 Å². The van der Waals surface area contributed by atoms with Gasteiger partial charge in [0.25, 0.3) is 0 Å². The molecule has 0 amide bonds. The summed E-state index contributed by atoms with van der Waals surface area (Å²) in [6, 6.07) is 6.25. The van der Waals surface area contributed by atoms with E-state index in [0.717, 1.165) is 5.56 Å². The standard InChI is InChI=1S/C12H18FNO2S/c1-10(2)17(15,16)7-6-14-9-11-4-3-5-12(13)8-11/h3-5,8,10,14H,6-7,9H2,1-2H3. The van der Waals surface area contributed by atoms with E-state index in [2.05, 4.69) is 5.32 Å². The van der Waals surface area contributed by atoms with Gasteiger partial charge in [-0.1, -0.05) is 12.1 Å². The Morgan fingerprint density at radius 2 is 2.06 bits per heavy atom. The summed E-state index contributed by atoms with van der Waals surface area (Å²) in [5.41, 5.74) is 0.812. The van der Waals surface area contributed by atoms with E-state index < -0.39 is 9.84 Å². The lowest BCUT2D eigenvalue weighted by Gasteiger charge is -2.08. The second kappa shape index (κ2) is 6.12. The molecule has 0 saturated carbocycles. The van der Waals surface area contributed by atoms with Gasteiger partial charge in [-0.05, 0) is 31.5 Å². The molecule has 0 aromatic heterocycles. The third-order valence-corrected chi connectivity index (χ3v) is 4.71. The van der Waals surface area contributed by atoms with Gasteiger partial charge in [0.05, 0.1) is 11.0 Å². The average molecular weight is 259 g/mol. The summed E-state index contributed by atoms with van der Waals surface area (Å²) in [7, 11) is -3.00. The first-order valence-corrected chi connectivity index (χ1v) is 7.30. The summed E-state index contributed by atoms with van der Waals surface area (Å²) in [5, 5.41) is 2.65. The molecule has 0 radical (unpaired) electrons. The predicted molar refractivity (Wildman–Crippen MR) is 67.0 cm³/mol. The van der Waals surface area contributed by atoms with Gasteiger partial charge in [0.15, 0.2) is 9.84 Å². The molecule has 0 aliphatic heterocycles. The van der Waals surface area contributed by atoms with Crippen molar-refractivity contribution >= 4 is 9.84 Å². The number of rotatable bonds is 6. The van der Waals surface area contributed by atoms with Gasteiger partial charge in [-0.25, -0.2) is 12.8 Å². The highest BCUT2D eigenvalue weighted by Crippen LogP contribution is 2.03. The van der Waals surface area contributed by atoms with Crippen LogP contribution in [-0.4, -0.2) is 26.0 Å². The van der Waals surface area contributed by atoms with E-state index in [1.807, 2.05) is 0 Å². The largest absolute Gasteiger partial charge is 0.312 e. The molecule has 0 bridgehead atoms. The third kappa shape index (κ3) is 4.83. The minimum Gasteiger partial charge on any atom is -0.312 e. The predicted octanol–water partition coefficient (Wildman–Crippen LogP) is 1.74. The summed E-state index contributed by atoms with van der Waals surface area (Å²) in [6.45, 7) is 4.20. The van der Waals surface area contributed by atoms with Crippen molar-refractivity contribution in [1.29, 1.82) is 0 Å². The number of hydrogen-bond acceptors (Lipinski definition) is 3. The monoisotopic (exact) mass is 259 g/mol. The lowest BCUT2D eigenvalue weighted by molar-refractivity contribution is 0.581. The van der Waals surface area contributed by atoms with E-state index in [1.165, 1.54) is 12.1 Å². The fourth-order valence-corrected chi connectivity index (χ4v) is 2.23. The van der Waals surface area contributed by atoms with Gasteiger partial charge in [0, 0.05) is 13.1 Å². The Bertz CT molecular complexity index is 457. The fourth-order valence-electron chi connectivity index (χ4n) is 1.33. The van der Waals surface area contributed by atoms with Crippen molar-refractivity contribution in [2.45, 2.75) is 25.6 Å². The lowest BCUT2D eigenvalue weighted by atomic mass is 10.2. The zero-order valence-corrected chi connectivity index (χ0v) is 10.9. The van der Waals surface area contributed by atoms with E-state index >= 15 is 0 Å². The van der Waals surface area contributed by atoms with E-state index in [4.69, 9.17) is 0 Å². The van der Waals surface area contributed by atoms with Crippen LogP contribution in [-0.2, 0) is 16.4 Å². The van der Waals surface area contributed by atoms with Crippen LogP contribution in [0.2, 0.25) is 0 Å². The van der Waals surface area contributed by atoms with Crippen molar-refractivity contribution in [2.24, 2.45) is 0 Å². The first-order chi connectivity index (χ1) is 7.92. The smallest absolute Gasteiger partial charge is 0.153 e. The average Bonchev–Trinajstić information content (AvgIpc) is 2.24. The first kappa shape index (κ1) is 14.1. The normalized spacial score (nSPS) is 12.0. The highest BCUT2D eigenvalue weighted by Gasteiger charge is 2.14.